The summed E-state index contributed by atoms with van der Waals surface area (Å²) in [6.45, 7) is 3.47. The number of carbonyl (C=O) groups excluding carboxylic acids is 2. The van der Waals surface area contributed by atoms with E-state index in [0.717, 1.165) is 5.56 Å². The molecular weight excluding hydrogens is 468 g/mol. The Kier molecular flexibility index (Phi) is 6.72. The maximum Gasteiger partial charge on any atom is 0.340 e. The zero-order valence-electron chi connectivity index (χ0n) is 19.4. The first-order chi connectivity index (χ1) is 16.7. The second kappa shape index (κ2) is 9.73. The van der Waals surface area contributed by atoms with Crippen LogP contribution in [0.2, 0.25) is 0 Å². The van der Waals surface area contributed by atoms with Gasteiger partial charge in [0.1, 0.15) is 11.5 Å². The molecule has 0 atom stereocenters. The number of furan rings is 1. The summed E-state index contributed by atoms with van der Waals surface area (Å²) in [5.41, 5.74) is 2.27. The Morgan fingerprint density at radius 1 is 1.03 bits per heavy atom. The van der Waals surface area contributed by atoms with Crippen molar-refractivity contribution in [1.29, 1.82) is 0 Å². The average molecular weight is 493 g/mol. The number of sulfonamides is 1. The Labute approximate surface area is 203 Å². The number of anilines is 1. The second-order valence-corrected chi connectivity index (χ2v) is 9.69. The summed E-state index contributed by atoms with van der Waals surface area (Å²) in [7, 11) is -2.47. The van der Waals surface area contributed by atoms with Gasteiger partial charge >= 0.3 is 5.97 Å². The molecule has 3 aromatic rings. The lowest BCUT2D eigenvalue weighted by Crippen LogP contribution is -2.24. The largest absolute Gasteiger partial charge is 0.465 e. The number of hydrogen-bond donors (Lipinski definition) is 1. The van der Waals surface area contributed by atoms with Crippen LogP contribution in [-0.4, -0.2) is 27.4 Å². The number of esters is 1. The number of nitrogens with zero attached hydrogens (tertiary/aromatic N) is 1. The molecule has 1 aromatic heterocycles. The molecule has 0 saturated heterocycles. The minimum Gasteiger partial charge on any atom is -0.465 e. The van der Waals surface area contributed by atoms with Gasteiger partial charge in [0.2, 0.25) is 10.0 Å². The van der Waals surface area contributed by atoms with E-state index < -0.39 is 21.9 Å². The lowest BCUT2D eigenvalue weighted by atomic mass is 10.1. The molecule has 0 radical (unpaired) electrons. The van der Waals surface area contributed by atoms with E-state index in [1.807, 2.05) is 13.0 Å². The first kappa shape index (κ1) is 24.2. The van der Waals surface area contributed by atoms with Crippen molar-refractivity contribution in [3.05, 3.63) is 101 Å². The molecule has 1 aliphatic rings. The maximum atomic E-state index is 13.3. The molecule has 35 heavy (non-hydrogen) atoms. The van der Waals surface area contributed by atoms with E-state index in [4.69, 9.17) is 9.15 Å². The lowest BCUT2D eigenvalue weighted by molar-refractivity contribution is -0.136. The van der Waals surface area contributed by atoms with Gasteiger partial charge in [-0.3, -0.25) is 9.69 Å². The molecular formula is C26H24N2O6S. The zero-order chi connectivity index (χ0) is 25.2. The van der Waals surface area contributed by atoms with Gasteiger partial charge < -0.3 is 9.15 Å². The van der Waals surface area contributed by atoms with Gasteiger partial charge in [0.15, 0.2) is 0 Å². The standard InChI is InChI=1S/C26H24N2O6S/c1-17-9-13-22(14-10-17)35(31,32)27-16-21-12-11-20(34-21)15-23-24(26(30)33-3)18(2)28(25(23)29)19-7-5-4-6-8-19/h4-15,27H,16H2,1-3H3. The molecule has 9 heteroatoms. The van der Waals surface area contributed by atoms with Crippen LogP contribution in [0.4, 0.5) is 5.69 Å². The van der Waals surface area contributed by atoms with Crippen LogP contribution in [-0.2, 0) is 30.9 Å². The van der Waals surface area contributed by atoms with Crippen molar-refractivity contribution >= 4 is 33.7 Å². The molecule has 8 nitrogen and oxygen atoms in total. The first-order valence-corrected chi connectivity index (χ1v) is 12.3. The smallest absolute Gasteiger partial charge is 0.340 e. The molecule has 4 rings (SSSR count). The normalized spacial score (nSPS) is 15.2. The molecule has 1 N–H and O–H groups in total. The molecule has 2 heterocycles. The molecule has 0 saturated carbocycles. The van der Waals surface area contributed by atoms with Crippen LogP contribution in [0.1, 0.15) is 24.0 Å². The summed E-state index contributed by atoms with van der Waals surface area (Å²) in [4.78, 5) is 27.4. The van der Waals surface area contributed by atoms with Gasteiger partial charge in [0, 0.05) is 11.4 Å². The number of nitrogens with one attached hydrogen (secondary N) is 1. The highest BCUT2D eigenvalue weighted by Gasteiger charge is 2.38. The first-order valence-electron chi connectivity index (χ1n) is 10.8. The van der Waals surface area contributed by atoms with Crippen LogP contribution in [0, 0.1) is 6.92 Å². The zero-order valence-corrected chi connectivity index (χ0v) is 20.3. The summed E-state index contributed by atoms with van der Waals surface area (Å²) in [6.07, 6.45) is 1.46. The number of ether oxygens (including phenoxy) is 1. The van der Waals surface area contributed by atoms with Crippen LogP contribution in [0.5, 0.6) is 0 Å². The van der Waals surface area contributed by atoms with Gasteiger partial charge in [0.25, 0.3) is 5.91 Å². The quantitative estimate of drug-likeness (QED) is 0.396. The minimum absolute atomic E-state index is 0.0812. The second-order valence-electron chi connectivity index (χ2n) is 7.93. The van der Waals surface area contributed by atoms with Crippen LogP contribution >= 0.6 is 0 Å². The highest BCUT2D eigenvalue weighted by atomic mass is 32.2. The van der Waals surface area contributed by atoms with Crippen LogP contribution < -0.4 is 9.62 Å². The third-order valence-electron chi connectivity index (χ3n) is 5.54. The molecule has 0 bridgehead atoms. The maximum absolute atomic E-state index is 13.3. The fourth-order valence-corrected chi connectivity index (χ4v) is 4.74. The SMILES string of the molecule is COC(=O)C1=C(C)N(c2ccccc2)C(=O)C1=Cc1ccc(CNS(=O)(=O)c2ccc(C)cc2)o1. The summed E-state index contributed by atoms with van der Waals surface area (Å²) >= 11 is 0. The van der Waals surface area contributed by atoms with Gasteiger partial charge in [-0.1, -0.05) is 35.9 Å². The van der Waals surface area contributed by atoms with E-state index in [1.54, 1.807) is 55.5 Å². The van der Waals surface area contributed by atoms with E-state index in [2.05, 4.69) is 4.72 Å². The van der Waals surface area contributed by atoms with Crippen molar-refractivity contribution in [2.75, 3.05) is 12.0 Å². The number of carbonyl (C=O) groups is 2. The number of benzene rings is 2. The number of hydrogen-bond acceptors (Lipinski definition) is 6. The van der Waals surface area contributed by atoms with Gasteiger partial charge in [-0.2, -0.15) is 0 Å². The van der Waals surface area contributed by atoms with Crippen molar-refractivity contribution in [2.24, 2.45) is 0 Å². The van der Waals surface area contributed by atoms with Crippen molar-refractivity contribution in [2.45, 2.75) is 25.3 Å². The number of aryl methyl sites for hydroxylation is 1. The predicted molar refractivity (Wildman–Crippen MR) is 131 cm³/mol. The fourth-order valence-electron chi connectivity index (χ4n) is 3.74. The minimum atomic E-state index is -3.72. The van der Waals surface area contributed by atoms with Crippen LogP contribution in [0.15, 0.2) is 92.9 Å². The predicted octanol–water partition coefficient (Wildman–Crippen LogP) is 3.94. The fraction of sp³-hybridized carbons (Fsp3) is 0.154. The Hall–Kier alpha value is -3.95. The highest BCUT2D eigenvalue weighted by Crippen LogP contribution is 2.35. The van der Waals surface area contributed by atoms with E-state index in [9.17, 15) is 18.0 Å². The van der Waals surface area contributed by atoms with E-state index >= 15 is 0 Å². The molecule has 2 aromatic carbocycles. The Morgan fingerprint density at radius 2 is 1.71 bits per heavy atom. The average Bonchev–Trinajstić information content (AvgIpc) is 3.40. The number of amides is 1. The summed E-state index contributed by atoms with van der Waals surface area (Å²) in [6, 6.07) is 18.7. The molecule has 0 unspecified atom stereocenters. The topological polar surface area (TPSA) is 106 Å². The Balaban J connectivity index is 1.58. The van der Waals surface area contributed by atoms with Gasteiger partial charge in [0.05, 0.1) is 29.7 Å². The molecule has 1 aliphatic heterocycles. The van der Waals surface area contributed by atoms with Crippen molar-refractivity contribution in [3.8, 4) is 0 Å². The summed E-state index contributed by atoms with van der Waals surface area (Å²) < 4.78 is 38.2. The lowest BCUT2D eigenvalue weighted by Gasteiger charge is -2.17. The highest BCUT2D eigenvalue weighted by molar-refractivity contribution is 7.89. The van der Waals surface area contributed by atoms with Crippen molar-refractivity contribution < 1.29 is 27.2 Å². The van der Waals surface area contributed by atoms with Crippen molar-refractivity contribution in [3.63, 3.8) is 0 Å². The number of rotatable bonds is 7. The van der Waals surface area contributed by atoms with Crippen molar-refractivity contribution in [1.82, 2.24) is 4.72 Å². The Morgan fingerprint density at radius 3 is 2.37 bits per heavy atom. The molecule has 1 amide bonds. The van der Waals surface area contributed by atoms with E-state index in [0.29, 0.717) is 22.9 Å². The molecule has 0 aliphatic carbocycles. The van der Waals surface area contributed by atoms with Crippen LogP contribution in [0.25, 0.3) is 6.08 Å². The van der Waals surface area contributed by atoms with Gasteiger partial charge in [-0.05, 0) is 56.3 Å². The molecule has 0 spiro atoms. The number of methoxy groups -OCH3 is 1. The van der Waals surface area contributed by atoms with Crippen LogP contribution in [0.3, 0.4) is 0 Å². The number of allylic oxidation sites excluding steroid dienone is 1. The third-order valence-corrected chi connectivity index (χ3v) is 6.96. The monoisotopic (exact) mass is 492 g/mol. The number of para-hydroxylation sites is 1. The molecule has 0 fully saturated rings. The Bertz CT molecular complexity index is 1430. The van der Waals surface area contributed by atoms with Gasteiger partial charge in [-0.15, -0.1) is 0 Å². The molecule has 180 valence electrons. The summed E-state index contributed by atoms with van der Waals surface area (Å²) in [5, 5.41) is 0. The summed E-state index contributed by atoms with van der Waals surface area (Å²) in [5.74, 6) is -0.398. The third kappa shape index (κ3) is 4.96. The van der Waals surface area contributed by atoms with E-state index in [-0.39, 0.29) is 22.6 Å². The van der Waals surface area contributed by atoms with E-state index in [1.165, 1.54) is 30.2 Å². The van der Waals surface area contributed by atoms with Gasteiger partial charge in [-0.25, -0.2) is 17.9 Å².